The summed E-state index contributed by atoms with van der Waals surface area (Å²) in [5, 5.41) is 19.8. The molecule has 9 nitrogen and oxygen atoms in total. The average Bonchev–Trinajstić information content (AvgIpc) is 3.40. The second-order valence-corrected chi connectivity index (χ2v) is 11.6. The fraction of sp³-hybridized carbons (Fsp3) is 0.560. The van der Waals surface area contributed by atoms with Gasteiger partial charge in [-0.15, -0.1) is 0 Å². The van der Waals surface area contributed by atoms with Gasteiger partial charge >= 0.3 is 0 Å². The highest BCUT2D eigenvalue weighted by Gasteiger charge is 2.45. The molecule has 1 saturated carbocycles. The number of benzene rings is 1. The van der Waals surface area contributed by atoms with Gasteiger partial charge in [-0.25, -0.2) is 19.0 Å². The van der Waals surface area contributed by atoms with Crippen molar-refractivity contribution in [2.45, 2.75) is 50.0 Å². The number of nitrogens with one attached hydrogen (secondary N) is 1. The standard InChI is InChI=1S/C25H30Cl2FN7O2/c1-24(9-16(28)10-24)35-22(27)19(12-30-35)32-23-29-11-15-7-17(26)20(8-18(15)31-23)33-3-5-34(6-4-33)25(2)14-37-13-21(25)36/h7-8,11-12,16,21,36H,3-6,9-10,13-14H2,1-2H3,(H,29,31,32). The number of alkyl halides is 1. The summed E-state index contributed by atoms with van der Waals surface area (Å²) in [5.74, 6) is 0.386. The third-order valence-corrected chi connectivity index (χ3v) is 8.84. The van der Waals surface area contributed by atoms with Crippen LogP contribution in [0, 0.1) is 0 Å². The van der Waals surface area contributed by atoms with Crippen LogP contribution >= 0.6 is 23.2 Å². The van der Waals surface area contributed by atoms with Crippen molar-refractivity contribution in [2.75, 3.05) is 49.6 Å². The maximum Gasteiger partial charge on any atom is 0.227 e. The van der Waals surface area contributed by atoms with Crippen LogP contribution in [0.4, 0.5) is 21.7 Å². The highest BCUT2D eigenvalue weighted by atomic mass is 35.5. The van der Waals surface area contributed by atoms with Crippen LogP contribution in [0.3, 0.4) is 0 Å². The van der Waals surface area contributed by atoms with Gasteiger partial charge < -0.3 is 20.1 Å². The van der Waals surface area contributed by atoms with E-state index in [1.165, 1.54) is 0 Å². The molecule has 6 rings (SSSR count). The van der Waals surface area contributed by atoms with Crippen molar-refractivity contribution in [3.63, 3.8) is 0 Å². The first-order valence-corrected chi connectivity index (χ1v) is 13.3. The van der Waals surface area contributed by atoms with Crippen molar-refractivity contribution in [3.05, 3.63) is 34.7 Å². The van der Waals surface area contributed by atoms with Crippen LogP contribution in [0.2, 0.25) is 10.2 Å². The van der Waals surface area contributed by atoms with Gasteiger partial charge in [-0.1, -0.05) is 23.2 Å². The lowest BCUT2D eigenvalue weighted by atomic mass is 9.77. The van der Waals surface area contributed by atoms with Crippen LogP contribution in [0.25, 0.3) is 10.9 Å². The summed E-state index contributed by atoms with van der Waals surface area (Å²) in [6, 6.07) is 3.87. The zero-order valence-corrected chi connectivity index (χ0v) is 22.3. The van der Waals surface area contributed by atoms with Crippen LogP contribution in [-0.2, 0) is 10.3 Å². The number of ether oxygens (including phenoxy) is 1. The number of aliphatic hydroxyl groups is 1. The largest absolute Gasteiger partial charge is 0.389 e. The molecule has 2 unspecified atom stereocenters. The van der Waals surface area contributed by atoms with Gasteiger partial charge in [0.2, 0.25) is 5.95 Å². The Labute approximate surface area is 224 Å². The van der Waals surface area contributed by atoms with E-state index < -0.39 is 17.8 Å². The molecule has 3 aliphatic rings. The molecule has 0 spiro atoms. The van der Waals surface area contributed by atoms with E-state index in [1.54, 1.807) is 17.1 Å². The minimum atomic E-state index is -0.819. The minimum absolute atomic E-state index is 0.355. The zero-order valence-electron chi connectivity index (χ0n) is 20.8. The first-order chi connectivity index (χ1) is 17.7. The molecule has 4 heterocycles. The summed E-state index contributed by atoms with van der Waals surface area (Å²) in [6.07, 6.45) is 2.83. The molecule has 3 aromatic rings. The van der Waals surface area contributed by atoms with Gasteiger partial charge in [-0.05, 0) is 26.0 Å². The van der Waals surface area contributed by atoms with Crippen molar-refractivity contribution in [2.24, 2.45) is 0 Å². The van der Waals surface area contributed by atoms with E-state index in [2.05, 4.69) is 32.1 Å². The Hall–Kier alpha value is -2.24. The van der Waals surface area contributed by atoms with Gasteiger partial charge in [0.1, 0.15) is 6.17 Å². The summed E-state index contributed by atoms with van der Waals surface area (Å²) in [5.41, 5.74) is 1.46. The Morgan fingerprint density at radius 2 is 1.89 bits per heavy atom. The predicted octanol–water partition coefficient (Wildman–Crippen LogP) is 4.00. The summed E-state index contributed by atoms with van der Waals surface area (Å²) in [7, 11) is 0. The molecule has 0 amide bonds. The third-order valence-electron chi connectivity index (χ3n) is 8.17. The Morgan fingerprint density at radius 3 is 2.57 bits per heavy atom. The van der Waals surface area contributed by atoms with Crippen molar-refractivity contribution in [1.82, 2.24) is 24.6 Å². The molecule has 2 saturated heterocycles. The van der Waals surface area contributed by atoms with Gasteiger partial charge in [0.25, 0.3) is 0 Å². The van der Waals surface area contributed by atoms with Gasteiger partial charge in [0.05, 0.1) is 58.5 Å². The van der Waals surface area contributed by atoms with Crippen molar-refractivity contribution >= 4 is 51.4 Å². The number of aromatic nitrogens is 4. The van der Waals surface area contributed by atoms with Crippen molar-refractivity contribution < 1.29 is 14.2 Å². The molecule has 0 radical (unpaired) electrons. The second-order valence-electron chi connectivity index (χ2n) is 10.8. The number of hydrogen-bond acceptors (Lipinski definition) is 8. The molecule has 2 N–H and O–H groups in total. The molecule has 3 fully saturated rings. The highest BCUT2D eigenvalue weighted by Crippen LogP contribution is 2.43. The van der Waals surface area contributed by atoms with Crippen LogP contribution < -0.4 is 10.2 Å². The fourth-order valence-corrected chi connectivity index (χ4v) is 6.37. The first-order valence-electron chi connectivity index (χ1n) is 12.5. The number of hydrogen-bond donors (Lipinski definition) is 2. The molecule has 1 aromatic carbocycles. The van der Waals surface area contributed by atoms with E-state index in [9.17, 15) is 9.50 Å². The van der Waals surface area contributed by atoms with Crippen LogP contribution in [-0.4, -0.2) is 87.0 Å². The maximum absolute atomic E-state index is 13.5. The lowest BCUT2D eigenvalue weighted by Gasteiger charge is -2.45. The van der Waals surface area contributed by atoms with Crippen LogP contribution in [0.15, 0.2) is 24.5 Å². The number of anilines is 3. The maximum atomic E-state index is 13.5. The second kappa shape index (κ2) is 9.20. The van der Waals surface area contributed by atoms with Gasteiger partial charge in [0.15, 0.2) is 5.15 Å². The van der Waals surface area contributed by atoms with Crippen molar-refractivity contribution in [1.29, 1.82) is 0 Å². The molecular formula is C25H30Cl2FN7O2. The molecule has 2 aromatic heterocycles. The van der Waals surface area contributed by atoms with Crippen molar-refractivity contribution in [3.8, 4) is 0 Å². The molecule has 198 valence electrons. The number of nitrogens with zero attached hydrogens (tertiary/aromatic N) is 6. The zero-order chi connectivity index (χ0) is 25.9. The Balaban J connectivity index is 1.20. The topological polar surface area (TPSA) is 91.6 Å². The van der Waals surface area contributed by atoms with Gasteiger partial charge in [-0.2, -0.15) is 5.10 Å². The number of aliphatic hydroxyl groups excluding tert-OH is 1. The molecule has 0 bridgehead atoms. The molecule has 1 aliphatic carbocycles. The van der Waals surface area contributed by atoms with Gasteiger partial charge in [-0.3, -0.25) is 4.90 Å². The monoisotopic (exact) mass is 549 g/mol. The van der Waals surface area contributed by atoms with Gasteiger partial charge in [0, 0.05) is 50.6 Å². The molecular weight excluding hydrogens is 520 g/mol. The van der Waals surface area contributed by atoms with Crippen LogP contribution in [0.1, 0.15) is 26.7 Å². The van der Waals surface area contributed by atoms with E-state index in [4.69, 9.17) is 32.9 Å². The first kappa shape index (κ1) is 25.1. The summed E-state index contributed by atoms with van der Waals surface area (Å²) < 4.78 is 20.7. The SMILES string of the molecule is CC1(N2CCN(c3cc4nc(Nc5cnn(C6(C)CC(F)C6)c5Cl)ncc4cc3Cl)CC2)COCC1O. The predicted molar refractivity (Wildman–Crippen MR) is 142 cm³/mol. The van der Waals surface area contributed by atoms with E-state index in [0.29, 0.717) is 47.9 Å². The lowest BCUT2D eigenvalue weighted by Crippen LogP contribution is -2.60. The molecule has 2 aliphatic heterocycles. The number of halogens is 3. The Morgan fingerprint density at radius 1 is 1.14 bits per heavy atom. The molecule has 12 heteroatoms. The Bertz CT molecular complexity index is 1330. The third kappa shape index (κ3) is 4.32. The smallest absolute Gasteiger partial charge is 0.227 e. The quantitative estimate of drug-likeness (QED) is 0.493. The summed E-state index contributed by atoms with van der Waals surface area (Å²) >= 11 is 13.2. The minimum Gasteiger partial charge on any atom is -0.389 e. The number of rotatable bonds is 5. The molecule has 2 atom stereocenters. The highest BCUT2D eigenvalue weighted by molar-refractivity contribution is 6.34. The number of piperazine rings is 1. The van der Waals surface area contributed by atoms with E-state index in [0.717, 1.165) is 42.8 Å². The summed E-state index contributed by atoms with van der Waals surface area (Å²) in [4.78, 5) is 13.7. The normalized spacial score (nSPS) is 30.6. The summed E-state index contributed by atoms with van der Waals surface area (Å²) in [6.45, 7) is 8.08. The average molecular weight is 550 g/mol. The molecule has 37 heavy (non-hydrogen) atoms. The van der Waals surface area contributed by atoms with E-state index >= 15 is 0 Å². The Kier molecular flexibility index (Phi) is 6.23. The van der Waals surface area contributed by atoms with E-state index in [-0.39, 0.29) is 5.54 Å². The fourth-order valence-electron chi connectivity index (χ4n) is 5.74. The lowest BCUT2D eigenvalue weighted by molar-refractivity contribution is 0.00884. The number of fused-ring (bicyclic) bond motifs is 1. The van der Waals surface area contributed by atoms with Crippen LogP contribution in [0.5, 0.6) is 0 Å². The van der Waals surface area contributed by atoms with E-state index in [1.807, 2.05) is 19.1 Å².